The summed E-state index contributed by atoms with van der Waals surface area (Å²) in [7, 11) is 0. The second-order valence-electron chi connectivity index (χ2n) is 6.71. The molecule has 0 N–H and O–H groups in total. The Labute approximate surface area is 109 Å². The summed E-state index contributed by atoms with van der Waals surface area (Å²) < 4.78 is 5.39. The van der Waals surface area contributed by atoms with Crippen molar-refractivity contribution in [3.8, 4) is 0 Å². The van der Waals surface area contributed by atoms with E-state index in [-0.39, 0.29) is 11.5 Å². The van der Waals surface area contributed by atoms with Crippen LogP contribution in [0.4, 0.5) is 4.79 Å². The summed E-state index contributed by atoms with van der Waals surface area (Å²) in [6.07, 6.45) is 4.21. The third kappa shape index (κ3) is 3.03. The third-order valence-corrected chi connectivity index (χ3v) is 3.84. The lowest BCUT2D eigenvalue weighted by atomic mass is 9.64. The number of carbonyl (C=O) groups excluding carboxylic acids is 2. The van der Waals surface area contributed by atoms with Gasteiger partial charge >= 0.3 is 6.09 Å². The highest BCUT2D eigenvalue weighted by Gasteiger charge is 2.44. The molecule has 1 heterocycles. The van der Waals surface area contributed by atoms with E-state index in [1.54, 1.807) is 4.90 Å². The molecular weight excluding hydrogens is 230 g/mol. The molecule has 1 amide bonds. The fraction of sp³-hybridized carbons (Fsp3) is 0.857. The number of hydrogen-bond acceptors (Lipinski definition) is 3. The number of hydrogen-bond donors (Lipinski definition) is 0. The van der Waals surface area contributed by atoms with E-state index in [4.69, 9.17) is 4.74 Å². The molecule has 4 heteroatoms. The van der Waals surface area contributed by atoms with E-state index in [1.807, 2.05) is 20.8 Å². The zero-order valence-electron chi connectivity index (χ0n) is 11.6. The molecule has 1 saturated carbocycles. The molecule has 18 heavy (non-hydrogen) atoms. The van der Waals surface area contributed by atoms with Gasteiger partial charge in [0, 0.05) is 25.9 Å². The Kier molecular flexibility index (Phi) is 3.39. The van der Waals surface area contributed by atoms with Crippen LogP contribution in [0.25, 0.3) is 0 Å². The van der Waals surface area contributed by atoms with Gasteiger partial charge in [0.1, 0.15) is 11.4 Å². The summed E-state index contributed by atoms with van der Waals surface area (Å²) in [5.74, 6) is 0.376. The fourth-order valence-corrected chi connectivity index (χ4v) is 2.90. The highest BCUT2D eigenvalue weighted by Crippen LogP contribution is 2.46. The molecule has 0 bridgehead atoms. The number of amides is 1. The monoisotopic (exact) mass is 253 g/mol. The molecule has 0 aromatic rings. The standard InChI is InChI=1S/C14H23NO3/c1-13(2,3)18-12(17)15-7-4-5-14(6-8-15)9-11(16)10-14/h4-10H2,1-3H3. The first-order valence-electron chi connectivity index (χ1n) is 6.79. The molecular formula is C14H23NO3. The second-order valence-corrected chi connectivity index (χ2v) is 6.71. The molecule has 1 spiro atoms. The maximum absolute atomic E-state index is 12.0. The van der Waals surface area contributed by atoms with Crippen molar-refractivity contribution >= 4 is 11.9 Å². The van der Waals surface area contributed by atoms with Crippen LogP contribution in [0.15, 0.2) is 0 Å². The second kappa shape index (κ2) is 4.56. The van der Waals surface area contributed by atoms with Crippen LogP contribution >= 0.6 is 0 Å². The maximum atomic E-state index is 12.0. The maximum Gasteiger partial charge on any atom is 0.410 e. The molecule has 0 atom stereocenters. The van der Waals surface area contributed by atoms with E-state index in [0.717, 1.165) is 45.2 Å². The van der Waals surface area contributed by atoms with Gasteiger partial charge in [-0.3, -0.25) is 4.79 Å². The zero-order valence-corrected chi connectivity index (χ0v) is 11.6. The Hall–Kier alpha value is -1.06. The lowest BCUT2D eigenvalue weighted by Crippen LogP contribution is -2.40. The molecule has 1 aliphatic heterocycles. The predicted octanol–water partition coefficient (Wildman–Crippen LogP) is 2.76. The quantitative estimate of drug-likeness (QED) is 0.667. The van der Waals surface area contributed by atoms with Gasteiger partial charge in [0.05, 0.1) is 0 Å². The van der Waals surface area contributed by atoms with Crippen molar-refractivity contribution in [1.29, 1.82) is 0 Å². The van der Waals surface area contributed by atoms with E-state index in [1.165, 1.54) is 0 Å². The van der Waals surface area contributed by atoms with Crippen molar-refractivity contribution in [2.45, 2.75) is 58.5 Å². The highest BCUT2D eigenvalue weighted by atomic mass is 16.6. The molecule has 1 aliphatic carbocycles. The van der Waals surface area contributed by atoms with Crippen LogP contribution < -0.4 is 0 Å². The van der Waals surface area contributed by atoms with E-state index in [0.29, 0.717) is 5.78 Å². The molecule has 1 saturated heterocycles. The van der Waals surface area contributed by atoms with Gasteiger partial charge in [-0.2, -0.15) is 0 Å². The molecule has 0 aromatic carbocycles. The number of likely N-dealkylation sites (tertiary alicyclic amines) is 1. The van der Waals surface area contributed by atoms with E-state index < -0.39 is 5.60 Å². The summed E-state index contributed by atoms with van der Waals surface area (Å²) in [6.45, 7) is 7.13. The predicted molar refractivity (Wildman–Crippen MR) is 68.3 cm³/mol. The molecule has 2 fully saturated rings. The topological polar surface area (TPSA) is 46.6 Å². The van der Waals surface area contributed by atoms with Crippen LogP contribution in [-0.4, -0.2) is 35.5 Å². The molecule has 4 nitrogen and oxygen atoms in total. The van der Waals surface area contributed by atoms with Gasteiger partial charge in [-0.25, -0.2) is 4.79 Å². The van der Waals surface area contributed by atoms with E-state index in [2.05, 4.69) is 0 Å². The summed E-state index contributed by atoms with van der Waals surface area (Å²) in [5, 5.41) is 0. The number of carbonyl (C=O) groups is 2. The first-order valence-corrected chi connectivity index (χ1v) is 6.79. The number of ketones is 1. The van der Waals surface area contributed by atoms with Crippen LogP contribution in [0.3, 0.4) is 0 Å². The first kappa shape index (κ1) is 13.4. The minimum atomic E-state index is -0.437. The average molecular weight is 253 g/mol. The fourth-order valence-electron chi connectivity index (χ4n) is 2.90. The summed E-state index contributed by atoms with van der Waals surface area (Å²) in [5.41, 5.74) is -0.235. The van der Waals surface area contributed by atoms with Crippen molar-refractivity contribution < 1.29 is 14.3 Å². The molecule has 2 rings (SSSR count). The van der Waals surface area contributed by atoms with Gasteiger partial charge in [-0.1, -0.05) is 0 Å². The van der Waals surface area contributed by atoms with Crippen LogP contribution in [0.5, 0.6) is 0 Å². The van der Waals surface area contributed by atoms with Crippen molar-refractivity contribution in [2.75, 3.05) is 13.1 Å². The van der Waals surface area contributed by atoms with Crippen molar-refractivity contribution in [3.63, 3.8) is 0 Å². The Bertz CT molecular complexity index is 349. The molecule has 0 radical (unpaired) electrons. The number of Topliss-reactive ketones (excluding diaryl/α,β-unsaturated/α-hetero) is 1. The number of ether oxygens (including phenoxy) is 1. The van der Waals surface area contributed by atoms with Crippen molar-refractivity contribution in [1.82, 2.24) is 4.90 Å². The van der Waals surface area contributed by atoms with Gasteiger partial charge in [0.25, 0.3) is 0 Å². The Morgan fingerprint density at radius 3 is 2.44 bits per heavy atom. The van der Waals surface area contributed by atoms with Crippen LogP contribution in [-0.2, 0) is 9.53 Å². The Morgan fingerprint density at radius 2 is 1.89 bits per heavy atom. The lowest BCUT2D eigenvalue weighted by molar-refractivity contribution is -0.133. The first-order chi connectivity index (χ1) is 8.30. The van der Waals surface area contributed by atoms with Crippen molar-refractivity contribution in [3.05, 3.63) is 0 Å². The Balaban J connectivity index is 1.89. The highest BCUT2D eigenvalue weighted by molar-refractivity contribution is 5.86. The zero-order chi connectivity index (χ0) is 13.4. The molecule has 102 valence electrons. The smallest absolute Gasteiger partial charge is 0.410 e. The minimum Gasteiger partial charge on any atom is -0.444 e. The van der Waals surface area contributed by atoms with Gasteiger partial charge < -0.3 is 9.64 Å². The van der Waals surface area contributed by atoms with Crippen molar-refractivity contribution in [2.24, 2.45) is 5.41 Å². The molecule has 0 aromatic heterocycles. The SMILES string of the molecule is CC(C)(C)OC(=O)N1CCCC2(CC1)CC(=O)C2. The number of rotatable bonds is 0. The summed E-state index contributed by atoms with van der Waals surface area (Å²) >= 11 is 0. The molecule has 0 unspecified atom stereocenters. The number of nitrogens with zero attached hydrogens (tertiary/aromatic N) is 1. The normalized spacial score (nSPS) is 23.5. The van der Waals surface area contributed by atoms with Gasteiger partial charge in [-0.05, 0) is 45.4 Å². The summed E-state index contributed by atoms with van der Waals surface area (Å²) in [6, 6.07) is 0. The van der Waals surface area contributed by atoms with E-state index >= 15 is 0 Å². The van der Waals surface area contributed by atoms with Gasteiger partial charge in [0.15, 0.2) is 0 Å². The average Bonchev–Trinajstić information content (AvgIpc) is 2.37. The lowest BCUT2D eigenvalue weighted by Gasteiger charge is -2.39. The van der Waals surface area contributed by atoms with E-state index in [9.17, 15) is 9.59 Å². The van der Waals surface area contributed by atoms with Crippen LogP contribution in [0.1, 0.15) is 52.9 Å². The Morgan fingerprint density at radius 1 is 1.22 bits per heavy atom. The largest absolute Gasteiger partial charge is 0.444 e. The van der Waals surface area contributed by atoms with Gasteiger partial charge in [0.2, 0.25) is 0 Å². The van der Waals surface area contributed by atoms with Crippen LogP contribution in [0.2, 0.25) is 0 Å². The third-order valence-electron chi connectivity index (χ3n) is 3.84. The minimum absolute atomic E-state index is 0.202. The molecule has 2 aliphatic rings. The summed E-state index contributed by atoms with van der Waals surface area (Å²) in [4.78, 5) is 25.0. The van der Waals surface area contributed by atoms with Crippen LogP contribution in [0, 0.1) is 5.41 Å². The van der Waals surface area contributed by atoms with Gasteiger partial charge in [-0.15, -0.1) is 0 Å².